The summed E-state index contributed by atoms with van der Waals surface area (Å²) in [6, 6.07) is 3.84. The van der Waals surface area contributed by atoms with Crippen molar-refractivity contribution in [2.75, 3.05) is 13.2 Å². The van der Waals surface area contributed by atoms with E-state index in [9.17, 15) is 27.6 Å². The maximum atomic E-state index is 14.5. The number of amides is 4. The number of nitrogens with one attached hydrogen (secondary N) is 3. The molecule has 3 heterocycles. The Labute approximate surface area is 306 Å². The quantitative estimate of drug-likeness (QED) is 0.362. The Morgan fingerprint density at radius 2 is 1.88 bits per heavy atom. The smallest absolute Gasteiger partial charge is 0.407 e. The lowest BCUT2D eigenvalue weighted by Crippen LogP contribution is -2.60. The van der Waals surface area contributed by atoms with Crippen LogP contribution in [0, 0.1) is 11.3 Å². The number of hydrogen-bond donors (Lipinski definition) is 3. The summed E-state index contributed by atoms with van der Waals surface area (Å²) in [5.41, 5.74) is -1.22. The Morgan fingerprint density at radius 3 is 2.57 bits per heavy atom. The van der Waals surface area contributed by atoms with Gasteiger partial charge in [-0.15, -0.1) is 6.58 Å². The van der Waals surface area contributed by atoms with Crippen LogP contribution in [-0.2, 0) is 35.6 Å². The number of halogens is 1. The fourth-order valence-electron chi connectivity index (χ4n) is 6.98. The van der Waals surface area contributed by atoms with E-state index in [1.807, 2.05) is 6.07 Å². The highest BCUT2D eigenvalue weighted by Gasteiger charge is 2.62. The number of aryl methyl sites for hydroxylation is 1. The van der Waals surface area contributed by atoms with E-state index >= 15 is 0 Å². The van der Waals surface area contributed by atoms with Gasteiger partial charge >= 0.3 is 6.09 Å². The number of cyclic esters (lactones) is 1. The Kier molecular flexibility index (Phi) is 10.4. The highest BCUT2D eigenvalue weighted by Crippen LogP contribution is 2.45. The van der Waals surface area contributed by atoms with E-state index < -0.39 is 74.1 Å². The third-order valence-corrected chi connectivity index (χ3v) is 12.7. The van der Waals surface area contributed by atoms with E-state index in [-0.39, 0.29) is 26.0 Å². The minimum atomic E-state index is -3.89. The van der Waals surface area contributed by atoms with Crippen LogP contribution in [0.4, 0.5) is 4.79 Å². The number of alkyl carbamates (subject to hydrolysis) is 1. The summed E-state index contributed by atoms with van der Waals surface area (Å²) in [5.74, 6) is -2.15. The van der Waals surface area contributed by atoms with Gasteiger partial charge in [-0.2, -0.15) is 0 Å². The number of carbonyl (C=O) groups is 4. The number of pyridine rings is 1. The van der Waals surface area contributed by atoms with Crippen molar-refractivity contribution >= 4 is 60.5 Å². The third-order valence-electron chi connectivity index (χ3n) is 10.2. The second kappa shape index (κ2) is 14.4. The standard InChI is InChI=1S/C36H46BrN5O8S/c1-5-22-19-36(22,33(45)41-51(47,48)24-11-12-24)40-30(43)28-18-23-20-42(28)32(44)29(35(2,3)4)39-34(46)49-15-9-7-6-8-10-21-16-26-25(27(37)17-21)13-14-38-31(26)50-23/h5,13-14,16-17,22-24,28-29H,1,6-12,15,18-20H2,2-4H3,(H,39,46)(H,40,43)(H,41,45)/t22-,23-,28+,29-,36-/m1/s1. The maximum absolute atomic E-state index is 14.5. The highest BCUT2D eigenvalue weighted by molar-refractivity contribution is 9.10. The van der Waals surface area contributed by atoms with Crippen LogP contribution >= 0.6 is 15.9 Å². The third kappa shape index (κ3) is 8.03. The first-order chi connectivity index (χ1) is 24.1. The largest absolute Gasteiger partial charge is 0.472 e. The molecule has 3 N–H and O–H groups in total. The van der Waals surface area contributed by atoms with Crippen LogP contribution in [-0.4, -0.2) is 84.2 Å². The van der Waals surface area contributed by atoms with Crippen molar-refractivity contribution in [2.45, 2.75) is 108 Å². The summed E-state index contributed by atoms with van der Waals surface area (Å²) in [5, 5.41) is 6.60. The van der Waals surface area contributed by atoms with Crippen molar-refractivity contribution in [3.63, 3.8) is 0 Å². The van der Waals surface area contributed by atoms with E-state index in [2.05, 4.69) is 55.0 Å². The van der Waals surface area contributed by atoms with Gasteiger partial charge in [0, 0.05) is 33.8 Å². The van der Waals surface area contributed by atoms with Gasteiger partial charge in [-0.05, 0) is 67.7 Å². The molecule has 276 valence electrons. The molecule has 4 amide bonds. The molecule has 2 aliphatic heterocycles. The van der Waals surface area contributed by atoms with Gasteiger partial charge in [0.15, 0.2) is 0 Å². The first-order valence-electron chi connectivity index (χ1n) is 17.6. The molecule has 0 radical (unpaired) electrons. The van der Waals surface area contributed by atoms with Crippen molar-refractivity contribution in [3.05, 3.63) is 47.1 Å². The van der Waals surface area contributed by atoms with E-state index in [1.54, 1.807) is 27.0 Å². The number of sulfonamides is 1. The van der Waals surface area contributed by atoms with E-state index in [0.29, 0.717) is 25.1 Å². The summed E-state index contributed by atoms with van der Waals surface area (Å²) in [6.45, 7) is 9.37. The SMILES string of the molecule is C=C[C@@H]1C[C@]1(NC(=O)[C@@H]1C[C@@H]2CN1C(=O)[C@H](C(C)(C)C)NC(=O)OCCCCCCc1cc(Br)c3ccnc(c3c1)O2)C(=O)NS(=O)(=O)C1CC1. The van der Waals surface area contributed by atoms with Crippen molar-refractivity contribution < 1.29 is 37.1 Å². The summed E-state index contributed by atoms with van der Waals surface area (Å²) in [7, 11) is -3.89. The van der Waals surface area contributed by atoms with Gasteiger partial charge in [-0.1, -0.05) is 55.6 Å². The molecule has 3 fully saturated rings. The van der Waals surface area contributed by atoms with Crippen molar-refractivity contribution in [2.24, 2.45) is 11.3 Å². The number of nitrogens with zero attached hydrogens (tertiary/aromatic N) is 2. The van der Waals surface area contributed by atoms with Crippen LogP contribution in [0.5, 0.6) is 5.88 Å². The second-order valence-electron chi connectivity index (χ2n) is 15.2. The number of benzene rings is 1. The van der Waals surface area contributed by atoms with Crippen molar-refractivity contribution in [1.29, 1.82) is 0 Å². The zero-order valence-corrected chi connectivity index (χ0v) is 31.6. The minimum Gasteiger partial charge on any atom is -0.472 e. The molecule has 1 saturated heterocycles. The summed E-state index contributed by atoms with van der Waals surface area (Å²) in [4.78, 5) is 61.1. The predicted octanol–water partition coefficient (Wildman–Crippen LogP) is 4.27. The minimum absolute atomic E-state index is 0.0146. The van der Waals surface area contributed by atoms with Crippen LogP contribution < -0.4 is 20.1 Å². The second-order valence-corrected chi connectivity index (χ2v) is 18.0. The van der Waals surface area contributed by atoms with Gasteiger partial charge in [-0.3, -0.25) is 19.1 Å². The number of carbonyl (C=O) groups excluding carboxylic acids is 4. The molecule has 15 heteroatoms. The number of ether oxygens (including phenoxy) is 2. The predicted molar refractivity (Wildman–Crippen MR) is 193 cm³/mol. The summed E-state index contributed by atoms with van der Waals surface area (Å²) >= 11 is 3.71. The Balaban J connectivity index is 1.33. The van der Waals surface area contributed by atoms with Crippen molar-refractivity contribution in [1.82, 2.24) is 25.2 Å². The summed E-state index contributed by atoms with van der Waals surface area (Å²) < 4.78 is 40.4. The van der Waals surface area contributed by atoms with Crippen LogP contribution in [0.2, 0.25) is 0 Å². The molecular formula is C36H46BrN5O8S. The summed E-state index contributed by atoms with van der Waals surface area (Å²) in [6.07, 6.45) is 7.13. The first kappa shape index (κ1) is 37.1. The van der Waals surface area contributed by atoms with Gasteiger partial charge in [0.1, 0.15) is 23.7 Å². The zero-order valence-electron chi connectivity index (χ0n) is 29.2. The van der Waals surface area contributed by atoms with Crippen LogP contribution in [0.15, 0.2) is 41.5 Å². The van der Waals surface area contributed by atoms with Gasteiger partial charge in [0.2, 0.25) is 27.7 Å². The molecule has 4 aliphatic rings. The number of fused-ring (bicyclic) bond motifs is 3. The lowest BCUT2D eigenvalue weighted by Gasteiger charge is -2.35. The van der Waals surface area contributed by atoms with Crippen LogP contribution in [0.1, 0.15) is 77.7 Å². The molecule has 1 aromatic heterocycles. The van der Waals surface area contributed by atoms with Gasteiger partial charge in [0.25, 0.3) is 5.91 Å². The van der Waals surface area contributed by atoms with E-state index in [1.165, 1.54) is 11.0 Å². The fraction of sp³-hybridized carbons (Fsp3) is 0.583. The Bertz CT molecular complexity index is 1840. The normalized spacial score (nSPS) is 27.6. The molecule has 0 spiro atoms. The monoisotopic (exact) mass is 787 g/mol. The van der Waals surface area contributed by atoms with E-state index in [0.717, 1.165) is 46.5 Å². The highest BCUT2D eigenvalue weighted by atomic mass is 79.9. The molecule has 2 saturated carbocycles. The van der Waals surface area contributed by atoms with Crippen molar-refractivity contribution in [3.8, 4) is 5.88 Å². The zero-order chi connectivity index (χ0) is 36.7. The maximum Gasteiger partial charge on any atom is 0.407 e. The molecule has 2 aromatic rings. The molecule has 2 aliphatic carbocycles. The number of aromatic nitrogens is 1. The molecule has 5 atom stereocenters. The average Bonchev–Trinajstić information content (AvgIpc) is 3.99. The Morgan fingerprint density at radius 1 is 1.14 bits per heavy atom. The Hall–Kier alpha value is -3.72. The molecule has 6 rings (SSSR count). The lowest BCUT2D eigenvalue weighted by atomic mass is 9.85. The van der Waals surface area contributed by atoms with Gasteiger partial charge in [0.05, 0.1) is 18.4 Å². The topological polar surface area (TPSA) is 173 Å². The fourth-order valence-corrected chi connectivity index (χ4v) is 8.99. The van der Waals surface area contributed by atoms with Crippen LogP contribution in [0.25, 0.3) is 10.8 Å². The molecule has 0 unspecified atom stereocenters. The first-order valence-corrected chi connectivity index (χ1v) is 19.9. The molecule has 4 bridgehead atoms. The lowest BCUT2D eigenvalue weighted by molar-refractivity contribution is -0.142. The van der Waals surface area contributed by atoms with Crippen LogP contribution in [0.3, 0.4) is 0 Å². The molecule has 1 aromatic carbocycles. The number of rotatable bonds is 6. The average molecular weight is 789 g/mol. The molecule has 51 heavy (non-hydrogen) atoms. The van der Waals surface area contributed by atoms with Gasteiger partial charge in [-0.25, -0.2) is 18.2 Å². The van der Waals surface area contributed by atoms with E-state index in [4.69, 9.17) is 9.47 Å². The molecule has 13 nitrogen and oxygen atoms in total. The van der Waals surface area contributed by atoms with Gasteiger partial charge < -0.3 is 25.0 Å². The molecular weight excluding hydrogens is 742 g/mol. The number of hydrogen-bond acceptors (Lipinski definition) is 9.